The van der Waals surface area contributed by atoms with E-state index in [0.29, 0.717) is 4.47 Å². The number of nitrogens with zero attached hydrogens (tertiary/aromatic N) is 2. The number of nitrogens with two attached hydrogens (primary N) is 1. The molecule has 1 heterocycles. The monoisotopic (exact) mass is 307 g/mol. The van der Waals surface area contributed by atoms with Crippen molar-refractivity contribution in [3.05, 3.63) is 22.9 Å². The second-order valence-corrected chi connectivity index (χ2v) is 6.03. The average Bonchev–Trinajstić information content (AvgIpc) is 2.16. The summed E-state index contributed by atoms with van der Waals surface area (Å²) in [5.41, 5.74) is 4.93. The minimum Gasteiger partial charge on any atom is -0.369 e. The number of aromatic nitrogens is 1. The van der Waals surface area contributed by atoms with Gasteiger partial charge in [-0.2, -0.15) is 4.31 Å². The van der Waals surface area contributed by atoms with Crippen LogP contribution in [0, 0.1) is 0 Å². The molecule has 0 aliphatic carbocycles. The zero-order chi connectivity index (χ0) is 12.3. The number of sulfonamides is 1. The summed E-state index contributed by atoms with van der Waals surface area (Å²) in [5.74, 6) is -0.714. The van der Waals surface area contributed by atoms with Crippen molar-refractivity contribution >= 4 is 31.9 Å². The molecule has 6 nitrogen and oxygen atoms in total. The summed E-state index contributed by atoms with van der Waals surface area (Å²) in [6.45, 7) is -0.366. The molecule has 0 bridgehead atoms. The maximum atomic E-state index is 11.9. The number of pyridine rings is 1. The van der Waals surface area contributed by atoms with E-state index in [1.807, 2.05) is 0 Å². The Kier molecular flexibility index (Phi) is 4.00. The van der Waals surface area contributed by atoms with Crippen LogP contribution in [0.15, 0.2) is 27.8 Å². The number of primary amides is 1. The van der Waals surface area contributed by atoms with Crippen molar-refractivity contribution in [1.82, 2.24) is 9.29 Å². The molecule has 0 aromatic carbocycles. The number of hydrogen-bond acceptors (Lipinski definition) is 4. The Bertz CT molecular complexity index is 503. The molecule has 88 valence electrons. The highest BCUT2D eigenvalue weighted by atomic mass is 79.9. The molecule has 16 heavy (non-hydrogen) atoms. The maximum Gasteiger partial charge on any atom is 0.244 e. The summed E-state index contributed by atoms with van der Waals surface area (Å²) in [6, 6.07) is 1.40. The third-order valence-electron chi connectivity index (χ3n) is 1.77. The van der Waals surface area contributed by atoms with E-state index in [0.717, 1.165) is 4.31 Å². The van der Waals surface area contributed by atoms with Crippen LogP contribution in [0.1, 0.15) is 0 Å². The Hall–Kier alpha value is -0.990. The van der Waals surface area contributed by atoms with Crippen molar-refractivity contribution in [2.24, 2.45) is 5.73 Å². The third kappa shape index (κ3) is 3.00. The molecule has 1 aromatic rings. The lowest BCUT2D eigenvalue weighted by Gasteiger charge is -2.14. The van der Waals surface area contributed by atoms with Gasteiger partial charge in [-0.3, -0.25) is 9.78 Å². The van der Waals surface area contributed by atoms with Gasteiger partial charge in [0.25, 0.3) is 0 Å². The number of rotatable bonds is 4. The Balaban J connectivity index is 3.07. The Morgan fingerprint density at radius 1 is 1.56 bits per heavy atom. The predicted molar refractivity (Wildman–Crippen MR) is 60.9 cm³/mol. The number of carbonyl (C=O) groups is 1. The van der Waals surface area contributed by atoms with E-state index in [2.05, 4.69) is 20.9 Å². The van der Waals surface area contributed by atoms with E-state index in [1.54, 1.807) is 0 Å². The molecular weight excluding hydrogens is 298 g/mol. The minimum absolute atomic E-state index is 0.00521. The second kappa shape index (κ2) is 4.89. The first-order valence-electron chi connectivity index (χ1n) is 4.19. The average molecular weight is 308 g/mol. The molecule has 1 amide bonds. The van der Waals surface area contributed by atoms with Crippen molar-refractivity contribution < 1.29 is 13.2 Å². The van der Waals surface area contributed by atoms with Gasteiger partial charge in [0.2, 0.25) is 15.9 Å². The SMILES string of the molecule is CN(CC(N)=O)S(=O)(=O)c1cncc(Br)c1. The van der Waals surface area contributed by atoms with E-state index in [9.17, 15) is 13.2 Å². The fraction of sp³-hybridized carbons (Fsp3) is 0.250. The molecule has 0 fully saturated rings. The van der Waals surface area contributed by atoms with E-state index in [4.69, 9.17) is 5.73 Å². The van der Waals surface area contributed by atoms with Crippen LogP contribution in [0.3, 0.4) is 0 Å². The molecule has 0 spiro atoms. The lowest BCUT2D eigenvalue weighted by atomic mass is 10.5. The normalized spacial score (nSPS) is 11.7. The topological polar surface area (TPSA) is 93.4 Å². The zero-order valence-corrected chi connectivity index (χ0v) is 10.8. The summed E-state index contributed by atoms with van der Waals surface area (Å²) >= 11 is 3.12. The molecule has 8 heteroatoms. The lowest BCUT2D eigenvalue weighted by molar-refractivity contribution is -0.118. The molecule has 0 saturated carbocycles. The molecule has 1 aromatic heterocycles. The van der Waals surface area contributed by atoms with Gasteiger partial charge in [0.1, 0.15) is 4.90 Å². The Labute approximate surface area is 102 Å². The van der Waals surface area contributed by atoms with Gasteiger partial charge in [0.05, 0.1) is 6.54 Å². The van der Waals surface area contributed by atoms with Gasteiger partial charge in [0, 0.05) is 23.9 Å². The predicted octanol–water partition coefficient (Wildman–Crippen LogP) is -0.0501. The van der Waals surface area contributed by atoms with Gasteiger partial charge in [-0.05, 0) is 22.0 Å². The maximum absolute atomic E-state index is 11.9. The summed E-state index contributed by atoms with van der Waals surface area (Å²) in [6.07, 6.45) is 2.67. The van der Waals surface area contributed by atoms with Gasteiger partial charge in [-0.15, -0.1) is 0 Å². The smallest absolute Gasteiger partial charge is 0.244 e. The molecule has 2 N–H and O–H groups in total. The van der Waals surface area contributed by atoms with E-state index in [-0.39, 0.29) is 11.4 Å². The van der Waals surface area contributed by atoms with Crippen LogP contribution in [0.5, 0.6) is 0 Å². The molecule has 0 aliphatic rings. The van der Waals surface area contributed by atoms with Crippen molar-refractivity contribution in [2.45, 2.75) is 4.90 Å². The zero-order valence-electron chi connectivity index (χ0n) is 8.42. The lowest BCUT2D eigenvalue weighted by Crippen LogP contribution is -2.35. The van der Waals surface area contributed by atoms with Crippen LogP contribution in [-0.4, -0.2) is 37.2 Å². The molecule has 0 atom stereocenters. The standard InChI is InChI=1S/C8H10BrN3O3S/c1-12(5-8(10)13)16(14,15)7-2-6(9)3-11-4-7/h2-4H,5H2,1H3,(H2,10,13). The third-order valence-corrected chi connectivity index (χ3v) is 3.97. The number of hydrogen-bond donors (Lipinski definition) is 1. The second-order valence-electron chi connectivity index (χ2n) is 3.07. The largest absolute Gasteiger partial charge is 0.369 e. The molecule has 0 aliphatic heterocycles. The highest BCUT2D eigenvalue weighted by Crippen LogP contribution is 2.17. The fourth-order valence-electron chi connectivity index (χ4n) is 1.02. The Morgan fingerprint density at radius 3 is 2.69 bits per heavy atom. The molecule has 0 unspecified atom stereocenters. The number of amides is 1. The molecular formula is C8H10BrN3O3S. The number of carbonyl (C=O) groups excluding carboxylic acids is 1. The van der Waals surface area contributed by atoms with E-state index >= 15 is 0 Å². The first kappa shape index (κ1) is 13.1. The van der Waals surface area contributed by atoms with Crippen molar-refractivity contribution in [1.29, 1.82) is 0 Å². The Morgan fingerprint density at radius 2 is 2.19 bits per heavy atom. The van der Waals surface area contributed by atoms with Crippen LogP contribution < -0.4 is 5.73 Å². The summed E-state index contributed by atoms with van der Waals surface area (Å²) in [4.78, 5) is 14.4. The molecule has 0 saturated heterocycles. The molecule has 0 radical (unpaired) electrons. The summed E-state index contributed by atoms with van der Waals surface area (Å²) in [5, 5.41) is 0. The fourth-order valence-corrected chi connectivity index (χ4v) is 2.66. The van der Waals surface area contributed by atoms with E-state index < -0.39 is 15.9 Å². The van der Waals surface area contributed by atoms with Gasteiger partial charge < -0.3 is 5.73 Å². The van der Waals surface area contributed by atoms with Crippen LogP contribution in [0.4, 0.5) is 0 Å². The quantitative estimate of drug-likeness (QED) is 0.844. The number of likely N-dealkylation sites (N-methyl/N-ethyl adjacent to an activating group) is 1. The van der Waals surface area contributed by atoms with Crippen LogP contribution in [0.25, 0.3) is 0 Å². The first-order chi connectivity index (χ1) is 7.34. The van der Waals surface area contributed by atoms with Gasteiger partial charge in [0.15, 0.2) is 0 Å². The van der Waals surface area contributed by atoms with Gasteiger partial charge >= 0.3 is 0 Å². The highest BCUT2D eigenvalue weighted by molar-refractivity contribution is 9.10. The van der Waals surface area contributed by atoms with Gasteiger partial charge in [-0.25, -0.2) is 8.42 Å². The van der Waals surface area contributed by atoms with Crippen LogP contribution in [-0.2, 0) is 14.8 Å². The minimum atomic E-state index is -3.72. The first-order valence-corrected chi connectivity index (χ1v) is 6.42. The van der Waals surface area contributed by atoms with Crippen molar-refractivity contribution in [2.75, 3.05) is 13.6 Å². The number of halogens is 1. The summed E-state index contributed by atoms with van der Waals surface area (Å²) in [7, 11) is -2.44. The van der Waals surface area contributed by atoms with Crippen LogP contribution >= 0.6 is 15.9 Å². The molecule has 1 rings (SSSR count). The van der Waals surface area contributed by atoms with Crippen molar-refractivity contribution in [3.63, 3.8) is 0 Å². The van der Waals surface area contributed by atoms with Crippen LogP contribution in [0.2, 0.25) is 0 Å². The summed E-state index contributed by atoms with van der Waals surface area (Å²) < 4.78 is 25.2. The van der Waals surface area contributed by atoms with Gasteiger partial charge in [-0.1, -0.05) is 0 Å². The highest BCUT2D eigenvalue weighted by Gasteiger charge is 2.22. The van der Waals surface area contributed by atoms with E-state index in [1.165, 1.54) is 25.5 Å². The van der Waals surface area contributed by atoms with Crippen molar-refractivity contribution in [3.8, 4) is 0 Å².